The van der Waals surface area contributed by atoms with E-state index in [1.54, 1.807) is 17.5 Å². The molecule has 2 unspecified atom stereocenters. The fraction of sp³-hybridized carbons (Fsp3) is 0.286. The van der Waals surface area contributed by atoms with Gasteiger partial charge in [-0.25, -0.2) is 4.79 Å². The minimum absolute atomic E-state index is 0.00653. The summed E-state index contributed by atoms with van der Waals surface area (Å²) in [6, 6.07) is 3.49. The van der Waals surface area contributed by atoms with Crippen LogP contribution in [0.5, 0.6) is 0 Å². The molecule has 1 aliphatic rings. The minimum atomic E-state index is -1.10. The van der Waals surface area contributed by atoms with E-state index in [0.717, 1.165) is 0 Å². The van der Waals surface area contributed by atoms with Crippen molar-refractivity contribution in [3.8, 4) is 0 Å². The number of hydrogen-bond donors (Lipinski definition) is 1. The van der Waals surface area contributed by atoms with E-state index in [4.69, 9.17) is 4.74 Å². The molecule has 1 N–H and O–H groups in total. The van der Waals surface area contributed by atoms with E-state index in [0.29, 0.717) is 11.2 Å². The van der Waals surface area contributed by atoms with Crippen molar-refractivity contribution in [2.75, 3.05) is 7.11 Å². The van der Waals surface area contributed by atoms with E-state index in [1.807, 2.05) is 0 Å². The monoisotopic (exact) mass is 307 g/mol. The summed E-state index contributed by atoms with van der Waals surface area (Å²) in [6.45, 7) is 1.54. The highest BCUT2D eigenvalue weighted by Gasteiger charge is 2.42. The summed E-state index contributed by atoms with van der Waals surface area (Å²) in [5.41, 5.74) is 0.207. The largest absolute Gasteiger partial charge is 0.481 e. The summed E-state index contributed by atoms with van der Waals surface area (Å²) < 4.78 is 4.70. The zero-order valence-electron chi connectivity index (χ0n) is 11.4. The third kappa shape index (κ3) is 2.64. The lowest BCUT2D eigenvalue weighted by atomic mass is 9.79. The van der Waals surface area contributed by atoms with E-state index < -0.39 is 23.8 Å². The number of methoxy groups -OCH3 is 1. The highest BCUT2D eigenvalue weighted by atomic mass is 32.1. The van der Waals surface area contributed by atoms with Crippen molar-refractivity contribution in [1.29, 1.82) is 0 Å². The van der Waals surface area contributed by atoms with Gasteiger partial charge >= 0.3 is 11.9 Å². The number of esters is 1. The SMILES string of the molecule is COC(=O)C1=C(C=O)N=C(C)C(C(=O)O)C1c1cccs1. The lowest BCUT2D eigenvalue weighted by Gasteiger charge is -2.28. The molecule has 0 spiro atoms. The first-order valence-electron chi connectivity index (χ1n) is 6.10. The lowest BCUT2D eigenvalue weighted by Crippen LogP contribution is -2.35. The lowest BCUT2D eigenvalue weighted by molar-refractivity contribution is -0.140. The number of aliphatic imine (C=N–C) groups is 1. The van der Waals surface area contributed by atoms with E-state index in [2.05, 4.69) is 4.99 Å². The Morgan fingerprint density at radius 3 is 2.67 bits per heavy atom. The standard InChI is InChI=1S/C14H13NO5S/c1-7-10(13(17)18)12(9-4-3-5-21-9)11(14(19)20-2)8(6-16)15-7/h3-6,10,12H,1-2H3,(H,17,18). The average Bonchev–Trinajstić information content (AvgIpc) is 2.98. The van der Waals surface area contributed by atoms with Crippen LogP contribution in [-0.2, 0) is 19.1 Å². The first-order chi connectivity index (χ1) is 10.0. The van der Waals surface area contributed by atoms with Gasteiger partial charge < -0.3 is 9.84 Å². The molecule has 6 nitrogen and oxygen atoms in total. The zero-order valence-corrected chi connectivity index (χ0v) is 12.2. The van der Waals surface area contributed by atoms with E-state index in [9.17, 15) is 19.5 Å². The smallest absolute Gasteiger partial charge is 0.336 e. The fourth-order valence-electron chi connectivity index (χ4n) is 2.41. The molecule has 0 fully saturated rings. The second-order valence-electron chi connectivity index (χ2n) is 4.47. The third-order valence-corrected chi connectivity index (χ3v) is 4.26. The number of ether oxygens (including phenoxy) is 1. The van der Waals surface area contributed by atoms with Crippen LogP contribution in [0.3, 0.4) is 0 Å². The Balaban J connectivity index is 2.69. The van der Waals surface area contributed by atoms with Crippen LogP contribution < -0.4 is 0 Å². The van der Waals surface area contributed by atoms with Gasteiger partial charge in [0.05, 0.1) is 12.7 Å². The molecule has 0 bridgehead atoms. The van der Waals surface area contributed by atoms with Crippen LogP contribution >= 0.6 is 11.3 Å². The van der Waals surface area contributed by atoms with Crippen LogP contribution in [0.4, 0.5) is 0 Å². The topological polar surface area (TPSA) is 93.0 Å². The molecule has 1 aromatic rings. The van der Waals surface area contributed by atoms with Crippen molar-refractivity contribution in [3.05, 3.63) is 33.7 Å². The second-order valence-corrected chi connectivity index (χ2v) is 5.45. The number of rotatable bonds is 4. The molecular weight excluding hydrogens is 294 g/mol. The number of aldehydes is 1. The van der Waals surface area contributed by atoms with Crippen molar-refractivity contribution in [1.82, 2.24) is 0 Å². The van der Waals surface area contributed by atoms with Gasteiger partial charge in [0.1, 0.15) is 11.6 Å². The molecule has 2 atom stereocenters. The molecule has 0 saturated heterocycles. The maximum atomic E-state index is 12.0. The van der Waals surface area contributed by atoms with Gasteiger partial charge in [-0.05, 0) is 18.4 Å². The maximum absolute atomic E-state index is 12.0. The van der Waals surface area contributed by atoms with Crippen LogP contribution in [-0.4, -0.2) is 36.2 Å². The first-order valence-corrected chi connectivity index (χ1v) is 6.98. The Hall–Kier alpha value is -2.28. The summed E-state index contributed by atoms with van der Waals surface area (Å²) in [5, 5.41) is 11.3. The molecule has 7 heteroatoms. The predicted octanol–water partition coefficient (Wildman–Crippen LogP) is 1.63. The molecule has 110 valence electrons. The Morgan fingerprint density at radius 2 is 2.19 bits per heavy atom. The highest BCUT2D eigenvalue weighted by Crippen LogP contribution is 2.40. The van der Waals surface area contributed by atoms with Gasteiger partial charge in [-0.1, -0.05) is 6.07 Å². The van der Waals surface area contributed by atoms with Gasteiger partial charge in [0.15, 0.2) is 6.29 Å². The van der Waals surface area contributed by atoms with Gasteiger partial charge in [-0.3, -0.25) is 14.6 Å². The molecule has 1 aliphatic heterocycles. The number of thiophene rings is 1. The molecule has 0 amide bonds. The van der Waals surface area contributed by atoms with Gasteiger partial charge in [0, 0.05) is 16.5 Å². The Morgan fingerprint density at radius 1 is 1.48 bits per heavy atom. The number of carbonyl (C=O) groups is 3. The summed E-state index contributed by atoms with van der Waals surface area (Å²) >= 11 is 1.32. The number of carboxylic acids is 1. The molecule has 2 rings (SSSR count). The minimum Gasteiger partial charge on any atom is -0.481 e. The molecular formula is C14H13NO5S. The summed E-state index contributed by atoms with van der Waals surface area (Å²) in [4.78, 5) is 39.5. The molecule has 2 heterocycles. The average molecular weight is 307 g/mol. The van der Waals surface area contributed by atoms with Crippen molar-refractivity contribution >= 4 is 35.3 Å². The summed E-state index contributed by atoms with van der Waals surface area (Å²) in [5.74, 6) is -3.60. The summed E-state index contributed by atoms with van der Waals surface area (Å²) in [6.07, 6.45) is 0.453. The zero-order chi connectivity index (χ0) is 15.6. The number of carbonyl (C=O) groups excluding carboxylic acids is 2. The first kappa shape index (κ1) is 15.1. The van der Waals surface area contributed by atoms with Crippen LogP contribution in [0.25, 0.3) is 0 Å². The van der Waals surface area contributed by atoms with Crippen molar-refractivity contribution in [2.45, 2.75) is 12.8 Å². The van der Waals surface area contributed by atoms with Crippen LogP contribution in [0, 0.1) is 5.92 Å². The summed E-state index contributed by atoms with van der Waals surface area (Å²) in [7, 11) is 1.18. The predicted molar refractivity (Wildman–Crippen MR) is 76.4 cm³/mol. The van der Waals surface area contributed by atoms with E-state index in [1.165, 1.54) is 25.4 Å². The normalized spacial score (nSPS) is 21.7. The van der Waals surface area contributed by atoms with Crippen LogP contribution in [0.15, 0.2) is 33.8 Å². The number of aliphatic carboxylic acids is 1. The molecule has 0 radical (unpaired) electrons. The maximum Gasteiger partial charge on any atom is 0.336 e. The number of hydrogen-bond acceptors (Lipinski definition) is 6. The molecule has 1 aromatic heterocycles. The Labute approximate surface area is 124 Å². The van der Waals surface area contributed by atoms with E-state index >= 15 is 0 Å². The van der Waals surface area contributed by atoms with Crippen molar-refractivity contribution < 1.29 is 24.2 Å². The molecule has 0 aromatic carbocycles. The van der Waals surface area contributed by atoms with Gasteiger partial charge in [-0.2, -0.15) is 0 Å². The van der Waals surface area contributed by atoms with Crippen LogP contribution in [0.2, 0.25) is 0 Å². The third-order valence-electron chi connectivity index (χ3n) is 3.30. The highest BCUT2D eigenvalue weighted by molar-refractivity contribution is 7.10. The van der Waals surface area contributed by atoms with Crippen molar-refractivity contribution in [2.24, 2.45) is 10.9 Å². The number of allylic oxidation sites excluding steroid dienone is 1. The van der Waals surface area contributed by atoms with Crippen molar-refractivity contribution in [3.63, 3.8) is 0 Å². The Kier molecular flexibility index (Phi) is 4.32. The van der Waals surface area contributed by atoms with Crippen LogP contribution in [0.1, 0.15) is 17.7 Å². The van der Waals surface area contributed by atoms with Gasteiger partial charge in [0.2, 0.25) is 0 Å². The number of nitrogens with zero attached hydrogens (tertiary/aromatic N) is 1. The molecule has 0 saturated carbocycles. The van der Waals surface area contributed by atoms with Gasteiger partial charge in [0.25, 0.3) is 0 Å². The second kappa shape index (κ2) is 6.01. The Bertz CT molecular complexity index is 644. The number of carboxylic acid groups (broad SMARTS) is 1. The quantitative estimate of drug-likeness (QED) is 0.674. The van der Waals surface area contributed by atoms with E-state index in [-0.39, 0.29) is 17.0 Å². The molecule has 0 aliphatic carbocycles. The van der Waals surface area contributed by atoms with Gasteiger partial charge in [-0.15, -0.1) is 11.3 Å². The fourth-order valence-corrected chi connectivity index (χ4v) is 3.29. The molecule has 21 heavy (non-hydrogen) atoms.